The summed E-state index contributed by atoms with van der Waals surface area (Å²) in [6.07, 6.45) is 0.827. The second-order valence-corrected chi connectivity index (χ2v) is 5.06. The molecule has 0 aromatic carbocycles. The summed E-state index contributed by atoms with van der Waals surface area (Å²) in [5, 5.41) is 0. The third kappa shape index (κ3) is 2.47. The van der Waals surface area contributed by atoms with E-state index in [1.807, 2.05) is 0 Å². The van der Waals surface area contributed by atoms with E-state index in [9.17, 15) is 0 Å². The van der Waals surface area contributed by atoms with E-state index in [4.69, 9.17) is 4.74 Å². The topological polar surface area (TPSA) is 15.7 Å². The number of morpholine rings is 1. The van der Waals surface area contributed by atoms with Crippen molar-refractivity contribution < 1.29 is 4.74 Å². The Balaban J connectivity index is 1.74. The molecule has 2 atom stereocenters. The van der Waals surface area contributed by atoms with Crippen LogP contribution in [0.4, 0.5) is 0 Å². The van der Waals surface area contributed by atoms with E-state index < -0.39 is 0 Å². The van der Waals surface area contributed by atoms with Crippen molar-refractivity contribution in [1.82, 2.24) is 9.80 Å². The summed E-state index contributed by atoms with van der Waals surface area (Å²) in [6, 6.07) is 0. The first-order valence-corrected chi connectivity index (χ1v) is 5.70. The average molecular weight is 198 g/mol. The van der Waals surface area contributed by atoms with Crippen molar-refractivity contribution in [3.8, 4) is 0 Å². The molecule has 0 saturated carbocycles. The lowest BCUT2D eigenvalue weighted by molar-refractivity contribution is -0.0770. The molecule has 2 saturated heterocycles. The zero-order valence-electron chi connectivity index (χ0n) is 9.57. The fraction of sp³-hybridized carbons (Fsp3) is 1.00. The Morgan fingerprint density at radius 1 is 1.07 bits per heavy atom. The Kier molecular flexibility index (Phi) is 3.10. The minimum atomic E-state index is 0.413. The van der Waals surface area contributed by atoms with Gasteiger partial charge in [0.15, 0.2) is 0 Å². The summed E-state index contributed by atoms with van der Waals surface area (Å²) >= 11 is 0. The standard InChI is InChI=1S/C11H22N2O/c1-9-4-13(5-10(2)14-9)8-11-6-12(3)7-11/h9-11H,4-8H2,1-3H3/t9-,10+. The smallest absolute Gasteiger partial charge is 0.0678 e. The van der Waals surface area contributed by atoms with Gasteiger partial charge in [-0.2, -0.15) is 0 Å². The second kappa shape index (κ2) is 4.17. The molecule has 0 amide bonds. The molecule has 3 nitrogen and oxygen atoms in total. The van der Waals surface area contributed by atoms with Crippen LogP contribution in [-0.2, 0) is 4.74 Å². The lowest BCUT2D eigenvalue weighted by atomic mass is 10.00. The van der Waals surface area contributed by atoms with Crippen molar-refractivity contribution in [2.24, 2.45) is 5.92 Å². The third-order valence-electron chi connectivity index (χ3n) is 3.15. The van der Waals surface area contributed by atoms with E-state index in [0.29, 0.717) is 12.2 Å². The molecule has 2 aliphatic rings. The summed E-state index contributed by atoms with van der Waals surface area (Å²) < 4.78 is 5.72. The number of rotatable bonds is 2. The molecular formula is C11H22N2O. The predicted molar refractivity (Wildman–Crippen MR) is 57.4 cm³/mol. The Hall–Kier alpha value is -0.120. The van der Waals surface area contributed by atoms with Crippen LogP contribution < -0.4 is 0 Å². The van der Waals surface area contributed by atoms with Gasteiger partial charge in [0.2, 0.25) is 0 Å². The molecule has 0 N–H and O–H groups in total. The number of hydrogen-bond acceptors (Lipinski definition) is 3. The summed E-state index contributed by atoms with van der Waals surface area (Å²) in [5.41, 5.74) is 0. The van der Waals surface area contributed by atoms with Crippen molar-refractivity contribution in [2.75, 3.05) is 39.8 Å². The zero-order chi connectivity index (χ0) is 10.1. The second-order valence-electron chi connectivity index (χ2n) is 5.06. The number of likely N-dealkylation sites (tertiary alicyclic amines) is 1. The number of ether oxygens (including phenoxy) is 1. The lowest BCUT2D eigenvalue weighted by Crippen LogP contribution is -2.53. The normalized spacial score (nSPS) is 37.1. The Morgan fingerprint density at radius 3 is 2.14 bits per heavy atom. The number of nitrogens with zero attached hydrogens (tertiary/aromatic N) is 2. The Morgan fingerprint density at radius 2 is 1.64 bits per heavy atom. The van der Waals surface area contributed by atoms with Gasteiger partial charge >= 0.3 is 0 Å². The predicted octanol–water partition coefficient (Wildman–Crippen LogP) is 0.657. The van der Waals surface area contributed by atoms with Gasteiger partial charge < -0.3 is 9.64 Å². The van der Waals surface area contributed by atoms with Crippen LogP contribution in [0.1, 0.15) is 13.8 Å². The van der Waals surface area contributed by atoms with Gasteiger partial charge in [0.1, 0.15) is 0 Å². The molecule has 3 heteroatoms. The van der Waals surface area contributed by atoms with Crippen LogP contribution in [0.2, 0.25) is 0 Å². The molecule has 82 valence electrons. The van der Waals surface area contributed by atoms with Gasteiger partial charge in [0.05, 0.1) is 12.2 Å². The Labute approximate surface area is 87.0 Å². The summed E-state index contributed by atoms with van der Waals surface area (Å²) in [7, 11) is 2.20. The minimum Gasteiger partial charge on any atom is -0.373 e. The van der Waals surface area contributed by atoms with Gasteiger partial charge in [-0.3, -0.25) is 4.90 Å². The van der Waals surface area contributed by atoms with Gasteiger partial charge in [-0.25, -0.2) is 0 Å². The average Bonchev–Trinajstić information content (AvgIpc) is 1.99. The highest BCUT2D eigenvalue weighted by molar-refractivity contribution is 4.82. The summed E-state index contributed by atoms with van der Waals surface area (Å²) in [5.74, 6) is 0.900. The molecule has 0 aromatic heterocycles. The molecule has 2 fully saturated rings. The van der Waals surface area contributed by atoms with Crippen molar-refractivity contribution in [2.45, 2.75) is 26.1 Å². The molecule has 0 aliphatic carbocycles. The van der Waals surface area contributed by atoms with Gasteiger partial charge in [-0.1, -0.05) is 0 Å². The molecule has 2 aliphatic heterocycles. The zero-order valence-corrected chi connectivity index (χ0v) is 9.57. The molecule has 0 radical (unpaired) electrons. The minimum absolute atomic E-state index is 0.413. The van der Waals surface area contributed by atoms with Crippen LogP contribution in [0.25, 0.3) is 0 Å². The highest BCUT2D eigenvalue weighted by atomic mass is 16.5. The quantitative estimate of drug-likeness (QED) is 0.648. The molecular weight excluding hydrogens is 176 g/mol. The van der Waals surface area contributed by atoms with Crippen LogP contribution in [0.15, 0.2) is 0 Å². The van der Waals surface area contributed by atoms with E-state index in [0.717, 1.165) is 19.0 Å². The SMILES string of the molecule is C[C@@H]1CN(CC2CN(C)C2)C[C@H](C)O1. The first kappa shape index (κ1) is 10.4. The molecule has 0 bridgehead atoms. The van der Waals surface area contributed by atoms with Crippen molar-refractivity contribution in [3.05, 3.63) is 0 Å². The first-order chi connectivity index (χ1) is 6.63. The maximum absolute atomic E-state index is 5.72. The van der Waals surface area contributed by atoms with Gasteiger partial charge in [0.25, 0.3) is 0 Å². The van der Waals surface area contributed by atoms with Gasteiger partial charge in [-0.15, -0.1) is 0 Å². The maximum atomic E-state index is 5.72. The van der Waals surface area contributed by atoms with E-state index in [1.54, 1.807) is 0 Å². The molecule has 0 spiro atoms. The van der Waals surface area contributed by atoms with Crippen molar-refractivity contribution in [3.63, 3.8) is 0 Å². The van der Waals surface area contributed by atoms with Gasteiger partial charge in [-0.05, 0) is 26.8 Å². The van der Waals surface area contributed by atoms with Crippen LogP contribution in [0.5, 0.6) is 0 Å². The molecule has 0 unspecified atom stereocenters. The Bertz CT molecular complexity index is 182. The van der Waals surface area contributed by atoms with E-state index in [1.165, 1.54) is 19.6 Å². The fourth-order valence-electron chi connectivity index (χ4n) is 2.74. The summed E-state index contributed by atoms with van der Waals surface area (Å²) in [4.78, 5) is 4.95. The van der Waals surface area contributed by atoms with Crippen LogP contribution in [-0.4, -0.2) is 61.8 Å². The molecule has 2 heterocycles. The fourth-order valence-corrected chi connectivity index (χ4v) is 2.74. The van der Waals surface area contributed by atoms with Crippen molar-refractivity contribution >= 4 is 0 Å². The third-order valence-corrected chi connectivity index (χ3v) is 3.15. The van der Waals surface area contributed by atoms with E-state index in [2.05, 4.69) is 30.7 Å². The van der Waals surface area contributed by atoms with Crippen molar-refractivity contribution in [1.29, 1.82) is 0 Å². The molecule has 0 aromatic rings. The van der Waals surface area contributed by atoms with E-state index in [-0.39, 0.29) is 0 Å². The molecule has 2 rings (SSSR count). The monoisotopic (exact) mass is 198 g/mol. The van der Waals surface area contributed by atoms with Crippen LogP contribution >= 0.6 is 0 Å². The van der Waals surface area contributed by atoms with E-state index >= 15 is 0 Å². The van der Waals surface area contributed by atoms with Crippen LogP contribution in [0, 0.1) is 5.92 Å². The summed E-state index contributed by atoms with van der Waals surface area (Å²) in [6.45, 7) is 10.4. The largest absolute Gasteiger partial charge is 0.373 e. The van der Waals surface area contributed by atoms with Gasteiger partial charge in [0, 0.05) is 32.7 Å². The molecule has 14 heavy (non-hydrogen) atoms. The number of hydrogen-bond donors (Lipinski definition) is 0. The maximum Gasteiger partial charge on any atom is 0.0678 e. The van der Waals surface area contributed by atoms with Crippen LogP contribution in [0.3, 0.4) is 0 Å². The highest BCUT2D eigenvalue weighted by Crippen LogP contribution is 2.17. The lowest BCUT2D eigenvalue weighted by Gasteiger charge is -2.42. The first-order valence-electron chi connectivity index (χ1n) is 5.70. The highest BCUT2D eigenvalue weighted by Gasteiger charge is 2.28.